The third-order valence-corrected chi connectivity index (χ3v) is 8.20. The van der Waals surface area contributed by atoms with Gasteiger partial charge < -0.3 is 4.74 Å². The molecule has 0 N–H and O–H groups in total. The number of esters is 1. The Morgan fingerprint density at radius 1 is 1.26 bits per heavy atom. The Morgan fingerprint density at radius 2 is 2.04 bits per heavy atom. The number of fused-ring (bicyclic) bond motifs is 5. The van der Waals surface area contributed by atoms with E-state index in [4.69, 9.17) is 8.85 Å². The van der Waals surface area contributed by atoms with E-state index in [0.29, 0.717) is 42.6 Å². The van der Waals surface area contributed by atoms with Gasteiger partial charge in [0.05, 0.1) is 0 Å². The van der Waals surface area contributed by atoms with Crippen molar-refractivity contribution in [1.29, 1.82) is 0 Å². The number of allylic oxidation sites excluding steroid dienone is 1. The van der Waals surface area contributed by atoms with Crippen LogP contribution < -0.4 is 0 Å². The summed E-state index contributed by atoms with van der Waals surface area (Å²) in [5, 5.41) is 0. The van der Waals surface area contributed by atoms with E-state index in [1.807, 2.05) is 13.0 Å². The molecule has 3 saturated carbocycles. The molecule has 4 nitrogen and oxygen atoms in total. The van der Waals surface area contributed by atoms with Gasteiger partial charge in [-0.3, -0.25) is 14.4 Å². The second-order valence-electron chi connectivity index (χ2n) is 9.19. The standard InChI is InChI=1S/C23H30O4/c1-13-11-21-20-7-5-16-12-17(26)6-8-18(16)19(20)9-10-22(21,4)23(13,14(2)24)27-15(3)25/h12,18-21H,1,5-11H2,2-4H3/t18-,19+,20+,21-,22-,23-/m0/s1/i3+1D3,15+1. The molecule has 4 rings (SSSR count). The Balaban J connectivity index is 1.70. The highest BCUT2D eigenvalue weighted by Crippen LogP contribution is 2.67. The number of carbonyl (C=O) groups excluding carboxylic acids is 3. The maximum Gasteiger partial charge on any atom is 0.303 e. The van der Waals surface area contributed by atoms with Gasteiger partial charge in [-0.25, -0.2) is 0 Å². The first-order valence-corrected chi connectivity index (χ1v) is 10.1. The van der Waals surface area contributed by atoms with Gasteiger partial charge in [-0.1, -0.05) is 19.1 Å². The molecule has 146 valence electrons. The summed E-state index contributed by atoms with van der Waals surface area (Å²) < 4.78 is 27.9. The smallest absolute Gasteiger partial charge is 0.303 e. The van der Waals surface area contributed by atoms with Crippen LogP contribution in [-0.2, 0) is 19.1 Å². The van der Waals surface area contributed by atoms with Gasteiger partial charge >= 0.3 is 5.97 Å². The van der Waals surface area contributed by atoms with Crippen molar-refractivity contribution in [3.05, 3.63) is 23.8 Å². The van der Waals surface area contributed by atoms with Crippen molar-refractivity contribution < 1.29 is 23.2 Å². The Labute approximate surface area is 165 Å². The zero-order valence-corrected chi connectivity index (χ0v) is 16.2. The van der Waals surface area contributed by atoms with Crippen LogP contribution in [0.15, 0.2) is 23.8 Å². The monoisotopic (exact) mass is 375 g/mol. The highest BCUT2D eigenvalue weighted by atomic mass is 16.6. The minimum atomic E-state index is -2.92. The van der Waals surface area contributed by atoms with Crippen LogP contribution in [0.4, 0.5) is 0 Å². The maximum absolute atomic E-state index is 13.0. The van der Waals surface area contributed by atoms with Gasteiger partial charge in [0.15, 0.2) is 17.2 Å². The van der Waals surface area contributed by atoms with Gasteiger partial charge in [-0.2, -0.15) is 0 Å². The molecule has 0 aromatic rings. The molecular formula is C23H30O4. The van der Waals surface area contributed by atoms with E-state index >= 15 is 0 Å². The lowest BCUT2D eigenvalue weighted by molar-refractivity contribution is -0.180. The second-order valence-corrected chi connectivity index (χ2v) is 9.19. The summed E-state index contributed by atoms with van der Waals surface area (Å²) in [6, 6.07) is 0. The fourth-order valence-electron chi connectivity index (χ4n) is 7.18. The number of carbonyl (C=O) groups is 3. The minimum Gasteiger partial charge on any atom is -0.446 e. The molecule has 0 bridgehead atoms. The third-order valence-electron chi connectivity index (χ3n) is 8.20. The van der Waals surface area contributed by atoms with Gasteiger partial charge in [-0.05, 0) is 80.8 Å². The minimum absolute atomic E-state index is 0.108. The average molecular weight is 375 g/mol. The lowest BCUT2D eigenvalue weighted by Crippen LogP contribution is -2.58. The normalized spacial score (nSPS) is 45.4. The molecule has 4 aliphatic rings. The van der Waals surface area contributed by atoms with Crippen molar-refractivity contribution >= 4 is 17.5 Å². The molecule has 4 heteroatoms. The van der Waals surface area contributed by atoms with E-state index in [0.717, 1.165) is 25.7 Å². The highest BCUT2D eigenvalue weighted by molar-refractivity contribution is 5.93. The summed E-state index contributed by atoms with van der Waals surface area (Å²) in [6.07, 6.45) is 7.28. The summed E-state index contributed by atoms with van der Waals surface area (Å²) in [7, 11) is 0. The summed E-state index contributed by atoms with van der Waals surface area (Å²) >= 11 is 0. The van der Waals surface area contributed by atoms with E-state index in [2.05, 4.69) is 6.58 Å². The van der Waals surface area contributed by atoms with Crippen molar-refractivity contribution in [3.63, 3.8) is 0 Å². The molecule has 6 atom stereocenters. The van der Waals surface area contributed by atoms with Crippen LogP contribution in [0.3, 0.4) is 0 Å². The molecule has 0 heterocycles. The predicted molar refractivity (Wildman–Crippen MR) is 102 cm³/mol. The molecule has 0 radical (unpaired) electrons. The van der Waals surface area contributed by atoms with Gasteiger partial charge in [-0.15, -0.1) is 0 Å². The largest absolute Gasteiger partial charge is 0.446 e. The van der Waals surface area contributed by atoms with Crippen molar-refractivity contribution in [1.82, 2.24) is 0 Å². The number of ketones is 2. The van der Waals surface area contributed by atoms with Gasteiger partial charge in [0.25, 0.3) is 0 Å². The van der Waals surface area contributed by atoms with Crippen molar-refractivity contribution in [2.24, 2.45) is 29.1 Å². The van der Waals surface area contributed by atoms with Crippen molar-refractivity contribution in [2.45, 2.75) is 71.2 Å². The Morgan fingerprint density at radius 3 is 2.74 bits per heavy atom. The summed E-state index contributed by atoms with van der Waals surface area (Å²) in [4.78, 5) is 37.2. The Bertz CT molecular complexity index is 857. The van der Waals surface area contributed by atoms with Crippen LogP contribution in [0.5, 0.6) is 0 Å². The van der Waals surface area contributed by atoms with Crippen LogP contribution in [0.2, 0.25) is 0 Å². The summed E-state index contributed by atoms with van der Waals surface area (Å²) in [5.41, 5.74) is -0.434. The third kappa shape index (κ3) is 2.44. The number of Topliss-reactive ketones (excluding diaryl/α,β-unsaturated/α-hetero) is 1. The lowest BCUT2D eigenvalue weighted by Gasteiger charge is -2.55. The molecule has 0 amide bonds. The molecule has 27 heavy (non-hydrogen) atoms. The van der Waals surface area contributed by atoms with Crippen LogP contribution in [0.1, 0.15) is 69.8 Å². The van der Waals surface area contributed by atoms with E-state index in [1.165, 1.54) is 12.5 Å². The molecule has 0 spiro atoms. The zero-order valence-electron chi connectivity index (χ0n) is 19.2. The van der Waals surface area contributed by atoms with Crippen LogP contribution in [0, 0.1) is 29.1 Å². The quantitative estimate of drug-likeness (QED) is 0.413. The number of hydrogen-bond acceptors (Lipinski definition) is 4. The van der Waals surface area contributed by atoms with Gasteiger partial charge in [0, 0.05) is 22.8 Å². The van der Waals surface area contributed by atoms with E-state index in [-0.39, 0.29) is 17.5 Å². The first-order chi connectivity index (χ1) is 13.9. The van der Waals surface area contributed by atoms with E-state index in [1.54, 1.807) is 0 Å². The maximum atomic E-state index is 13.0. The molecule has 0 saturated heterocycles. The van der Waals surface area contributed by atoms with Gasteiger partial charge in [0.1, 0.15) is 0 Å². The first kappa shape index (κ1) is 15.2. The molecular weight excluding hydrogens is 342 g/mol. The molecule has 0 aromatic heterocycles. The number of hydrogen-bond donors (Lipinski definition) is 0. The Kier molecular flexibility index (Phi) is 3.47. The molecule has 0 unspecified atom stereocenters. The fraction of sp³-hybridized carbons (Fsp3) is 0.696. The molecule has 3 fully saturated rings. The molecule has 0 aliphatic heterocycles. The summed E-state index contributed by atoms with van der Waals surface area (Å²) in [6.45, 7) is 4.56. The fourth-order valence-corrected chi connectivity index (χ4v) is 7.18. The predicted octanol–water partition coefficient (Wildman–Crippen LogP) is 4.19. The topological polar surface area (TPSA) is 60.4 Å². The SMILES string of the molecule is [2H][13C]([2H])([2H])[13C](=O)O[C@]1(C(C)=O)C(=C)C[C@H]2[C@@H]3CCC4=CC(=O)CC[C@@H]4[C@H]3CC[C@@]21C. The van der Waals surface area contributed by atoms with E-state index in [9.17, 15) is 14.4 Å². The molecule has 4 aliphatic carbocycles. The second kappa shape index (κ2) is 6.15. The number of rotatable bonds is 2. The number of ether oxygens (including phenoxy) is 1. The Hall–Kier alpha value is -1.71. The van der Waals surface area contributed by atoms with Crippen molar-refractivity contribution in [3.8, 4) is 0 Å². The van der Waals surface area contributed by atoms with Crippen molar-refractivity contribution in [2.75, 3.05) is 0 Å². The average Bonchev–Trinajstić information content (AvgIpc) is 2.88. The lowest BCUT2D eigenvalue weighted by atomic mass is 9.50. The van der Waals surface area contributed by atoms with Crippen LogP contribution in [-0.4, -0.2) is 23.1 Å². The van der Waals surface area contributed by atoms with E-state index < -0.39 is 23.8 Å². The van der Waals surface area contributed by atoms with Crippen LogP contribution in [0.25, 0.3) is 0 Å². The highest BCUT2D eigenvalue weighted by Gasteiger charge is 2.68. The molecule has 0 aromatic carbocycles. The van der Waals surface area contributed by atoms with Crippen LogP contribution >= 0.6 is 0 Å². The summed E-state index contributed by atoms with van der Waals surface area (Å²) in [5.74, 6) is -0.126. The van der Waals surface area contributed by atoms with Gasteiger partial charge in [0.2, 0.25) is 0 Å². The zero-order chi connectivity index (χ0) is 22.1. The first-order valence-electron chi connectivity index (χ1n) is 11.6.